The zero-order valence-electron chi connectivity index (χ0n) is 13.7. The van der Waals surface area contributed by atoms with Gasteiger partial charge in [0.2, 0.25) is 0 Å². The van der Waals surface area contributed by atoms with Gasteiger partial charge in [0.05, 0.1) is 12.0 Å². The van der Waals surface area contributed by atoms with E-state index in [1.165, 1.54) is 6.07 Å². The van der Waals surface area contributed by atoms with Gasteiger partial charge in [-0.25, -0.2) is 4.98 Å². The molecule has 1 aromatic heterocycles. The van der Waals surface area contributed by atoms with E-state index in [2.05, 4.69) is 10.3 Å². The van der Waals surface area contributed by atoms with Crippen molar-refractivity contribution in [3.05, 3.63) is 63.8 Å². The molecule has 6 nitrogen and oxygen atoms in total. The molecule has 6 heteroatoms. The normalized spacial score (nSPS) is 10.6. The molecule has 0 fully saturated rings. The number of nitrogens with one attached hydrogen (secondary N) is 1. The van der Waals surface area contributed by atoms with Crippen LogP contribution < -0.4 is 10.1 Å². The van der Waals surface area contributed by atoms with Gasteiger partial charge in [-0.05, 0) is 32.0 Å². The van der Waals surface area contributed by atoms with Crippen molar-refractivity contribution in [1.29, 1.82) is 0 Å². The number of ether oxygens (including phenoxy) is 1. The molecule has 3 aromatic rings. The molecule has 0 atom stereocenters. The summed E-state index contributed by atoms with van der Waals surface area (Å²) in [6, 6.07) is 12.7. The van der Waals surface area contributed by atoms with E-state index < -0.39 is 0 Å². The third-order valence-electron chi connectivity index (χ3n) is 3.84. The Morgan fingerprint density at radius 1 is 1.17 bits per heavy atom. The van der Waals surface area contributed by atoms with Gasteiger partial charge in [0.15, 0.2) is 0 Å². The molecule has 0 saturated heterocycles. The topological polar surface area (TPSA) is 77.3 Å². The van der Waals surface area contributed by atoms with Gasteiger partial charge in [0, 0.05) is 34.1 Å². The first-order valence-corrected chi connectivity index (χ1v) is 7.46. The van der Waals surface area contributed by atoms with Crippen molar-refractivity contribution >= 4 is 28.0 Å². The summed E-state index contributed by atoms with van der Waals surface area (Å²) in [7, 11) is 1.61. The lowest BCUT2D eigenvalue weighted by Crippen LogP contribution is -1.98. The average Bonchev–Trinajstić information content (AvgIpc) is 2.55. The minimum absolute atomic E-state index is 0.0904. The van der Waals surface area contributed by atoms with E-state index in [1.807, 2.05) is 37.3 Å². The van der Waals surface area contributed by atoms with E-state index in [1.54, 1.807) is 20.1 Å². The number of nitro benzene ring substituents is 1. The minimum atomic E-state index is -0.376. The van der Waals surface area contributed by atoms with Crippen LogP contribution >= 0.6 is 0 Å². The Bertz CT molecular complexity index is 938. The van der Waals surface area contributed by atoms with Crippen molar-refractivity contribution in [2.45, 2.75) is 13.8 Å². The molecule has 0 aliphatic heterocycles. The number of aryl methyl sites for hydroxylation is 2. The van der Waals surface area contributed by atoms with Gasteiger partial charge in [-0.3, -0.25) is 10.1 Å². The fourth-order valence-electron chi connectivity index (χ4n) is 2.66. The second-order valence-corrected chi connectivity index (χ2v) is 5.55. The number of anilines is 2. The van der Waals surface area contributed by atoms with Gasteiger partial charge >= 0.3 is 0 Å². The van der Waals surface area contributed by atoms with Gasteiger partial charge in [-0.2, -0.15) is 0 Å². The monoisotopic (exact) mass is 323 g/mol. The molecule has 0 unspecified atom stereocenters. The number of benzene rings is 2. The quantitative estimate of drug-likeness (QED) is 0.564. The second-order valence-electron chi connectivity index (χ2n) is 5.55. The first kappa shape index (κ1) is 15.7. The summed E-state index contributed by atoms with van der Waals surface area (Å²) in [5, 5.41) is 15.3. The molecule has 0 radical (unpaired) electrons. The number of hydrogen-bond acceptors (Lipinski definition) is 5. The van der Waals surface area contributed by atoms with Crippen LogP contribution in [0.2, 0.25) is 0 Å². The molecule has 2 aromatic carbocycles. The molecular formula is C18H17N3O3. The number of hydrogen-bond donors (Lipinski definition) is 1. The van der Waals surface area contributed by atoms with Crippen LogP contribution in [-0.2, 0) is 0 Å². The summed E-state index contributed by atoms with van der Waals surface area (Å²) >= 11 is 0. The van der Waals surface area contributed by atoms with Crippen molar-refractivity contribution in [3.63, 3.8) is 0 Å². The molecule has 0 bridgehead atoms. The Kier molecular flexibility index (Phi) is 4.04. The Hall–Kier alpha value is -3.15. The molecule has 1 heterocycles. The first-order chi connectivity index (χ1) is 11.5. The Morgan fingerprint density at radius 3 is 2.67 bits per heavy atom. The maximum absolute atomic E-state index is 11.1. The SMILES string of the molecule is COc1cccc2c(Nc3ccc(C)c([N+](=O)[O-])c3)cc(C)nc12. The molecule has 0 saturated carbocycles. The van der Waals surface area contributed by atoms with E-state index in [0.29, 0.717) is 17.0 Å². The number of methoxy groups -OCH3 is 1. The van der Waals surface area contributed by atoms with E-state index in [4.69, 9.17) is 4.74 Å². The lowest BCUT2D eigenvalue weighted by atomic mass is 10.1. The maximum atomic E-state index is 11.1. The third-order valence-corrected chi connectivity index (χ3v) is 3.84. The van der Waals surface area contributed by atoms with Crippen LogP contribution in [0.3, 0.4) is 0 Å². The van der Waals surface area contributed by atoms with Crippen LogP contribution in [0.25, 0.3) is 10.9 Å². The maximum Gasteiger partial charge on any atom is 0.274 e. The van der Waals surface area contributed by atoms with Crippen molar-refractivity contribution < 1.29 is 9.66 Å². The highest BCUT2D eigenvalue weighted by molar-refractivity contribution is 5.96. The number of nitrogens with zero attached hydrogens (tertiary/aromatic N) is 2. The lowest BCUT2D eigenvalue weighted by Gasteiger charge is -2.13. The molecular weight excluding hydrogens is 306 g/mol. The van der Waals surface area contributed by atoms with Crippen LogP contribution in [0.4, 0.5) is 17.1 Å². The Balaban J connectivity index is 2.11. The highest BCUT2D eigenvalue weighted by atomic mass is 16.6. The van der Waals surface area contributed by atoms with E-state index in [-0.39, 0.29) is 10.6 Å². The standard InChI is InChI=1S/C18H17N3O3/c1-11-7-8-13(10-16(11)21(22)23)20-15-9-12(2)19-18-14(15)5-4-6-17(18)24-3/h4-10H,1-3H3,(H,19,20). The number of pyridine rings is 1. The molecule has 0 aliphatic rings. The second kappa shape index (κ2) is 6.16. The van der Waals surface area contributed by atoms with Crippen molar-refractivity contribution in [2.24, 2.45) is 0 Å². The number of para-hydroxylation sites is 1. The highest BCUT2D eigenvalue weighted by Gasteiger charge is 2.13. The third kappa shape index (κ3) is 2.86. The molecule has 0 spiro atoms. The predicted molar refractivity (Wildman–Crippen MR) is 94.1 cm³/mol. The summed E-state index contributed by atoms with van der Waals surface area (Å²) in [5.74, 6) is 0.689. The lowest BCUT2D eigenvalue weighted by molar-refractivity contribution is -0.385. The van der Waals surface area contributed by atoms with E-state index >= 15 is 0 Å². The van der Waals surface area contributed by atoms with Gasteiger partial charge < -0.3 is 10.1 Å². The van der Waals surface area contributed by atoms with Crippen LogP contribution in [0.5, 0.6) is 5.75 Å². The first-order valence-electron chi connectivity index (χ1n) is 7.46. The van der Waals surface area contributed by atoms with E-state index in [9.17, 15) is 10.1 Å². The summed E-state index contributed by atoms with van der Waals surface area (Å²) < 4.78 is 5.37. The largest absolute Gasteiger partial charge is 0.494 e. The van der Waals surface area contributed by atoms with Crippen LogP contribution in [0, 0.1) is 24.0 Å². The number of rotatable bonds is 4. The number of aromatic nitrogens is 1. The summed E-state index contributed by atoms with van der Waals surface area (Å²) in [4.78, 5) is 15.3. The fourth-order valence-corrected chi connectivity index (χ4v) is 2.66. The van der Waals surface area contributed by atoms with Crippen LogP contribution in [-0.4, -0.2) is 17.0 Å². The van der Waals surface area contributed by atoms with Gasteiger partial charge in [0.25, 0.3) is 5.69 Å². The molecule has 3 rings (SSSR count). The Morgan fingerprint density at radius 2 is 1.96 bits per heavy atom. The van der Waals surface area contributed by atoms with Crippen molar-refractivity contribution in [1.82, 2.24) is 4.98 Å². The predicted octanol–water partition coefficient (Wildman–Crippen LogP) is 4.51. The molecule has 0 aliphatic carbocycles. The zero-order chi connectivity index (χ0) is 17.3. The molecule has 122 valence electrons. The van der Waals surface area contributed by atoms with Gasteiger partial charge in [0.1, 0.15) is 11.3 Å². The van der Waals surface area contributed by atoms with Crippen molar-refractivity contribution in [2.75, 3.05) is 12.4 Å². The highest BCUT2D eigenvalue weighted by Crippen LogP contribution is 2.32. The zero-order valence-corrected chi connectivity index (χ0v) is 13.7. The molecule has 24 heavy (non-hydrogen) atoms. The Labute approximate surface area is 139 Å². The van der Waals surface area contributed by atoms with Gasteiger partial charge in [-0.1, -0.05) is 18.2 Å². The minimum Gasteiger partial charge on any atom is -0.494 e. The fraction of sp³-hybridized carbons (Fsp3) is 0.167. The number of nitro groups is 1. The molecule has 0 amide bonds. The summed E-state index contributed by atoms with van der Waals surface area (Å²) in [6.07, 6.45) is 0. The van der Waals surface area contributed by atoms with Gasteiger partial charge in [-0.15, -0.1) is 0 Å². The van der Waals surface area contributed by atoms with Crippen molar-refractivity contribution in [3.8, 4) is 5.75 Å². The van der Waals surface area contributed by atoms with Crippen LogP contribution in [0.15, 0.2) is 42.5 Å². The summed E-state index contributed by atoms with van der Waals surface area (Å²) in [5.41, 5.74) is 3.78. The molecule has 1 N–H and O–H groups in total. The van der Waals surface area contributed by atoms with E-state index in [0.717, 1.165) is 22.3 Å². The number of fused-ring (bicyclic) bond motifs is 1. The average molecular weight is 323 g/mol. The summed E-state index contributed by atoms with van der Waals surface area (Å²) in [6.45, 7) is 3.62. The smallest absolute Gasteiger partial charge is 0.274 e. The van der Waals surface area contributed by atoms with Crippen LogP contribution in [0.1, 0.15) is 11.3 Å².